The Hall–Kier alpha value is -0.940. The second kappa shape index (κ2) is 4.51. The molecular weight excluding hydrogens is 266 g/mol. The van der Waals surface area contributed by atoms with Crippen molar-refractivity contribution in [2.75, 3.05) is 5.32 Å². The molecule has 0 atom stereocenters. The summed E-state index contributed by atoms with van der Waals surface area (Å²) in [6, 6.07) is 1.44. The first-order chi connectivity index (χ1) is 7.21. The van der Waals surface area contributed by atoms with Gasteiger partial charge in [0.1, 0.15) is 0 Å². The summed E-state index contributed by atoms with van der Waals surface area (Å²) < 4.78 is 37.2. The average molecular weight is 272 g/mol. The molecule has 0 radical (unpaired) electrons. The molecule has 0 bridgehead atoms. The van der Waals surface area contributed by atoms with E-state index in [0.29, 0.717) is 6.07 Å². The molecule has 0 spiro atoms. The van der Waals surface area contributed by atoms with Crippen LogP contribution < -0.4 is 5.32 Å². The van der Waals surface area contributed by atoms with Gasteiger partial charge in [0.05, 0.1) is 21.3 Å². The van der Waals surface area contributed by atoms with Crippen molar-refractivity contribution >= 4 is 34.8 Å². The standard InChI is InChI=1S/C9H6Cl2F3NO/c1-4(16)15-7-3-5(9(12,13)14)2-6(10)8(7)11/h2-3H,1H3,(H,15,16). The number of alkyl halides is 3. The third-order valence-electron chi connectivity index (χ3n) is 1.67. The van der Waals surface area contributed by atoms with Crippen LogP contribution in [-0.2, 0) is 11.0 Å². The van der Waals surface area contributed by atoms with E-state index in [2.05, 4.69) is 5.32 Å². The van der Waals surface area contributed by atoms with Gasteiger partial charge in [0.25, 0.3) is 0 Å². The lowest BCUT2D eigenvalue weighted by atomic mass is 10.2. The molecule has 1 rings (SSSR count). The molecule has 0 unspecified atom stereocenters. The summed E-state index contributed by atoms with van der Waals surface area (Å²) in [6.45, 7) is 1.16. The maximum atomic E-state index is 12.4. The van der Waals surface area contributed by atoms with Gasteiger partial charge >= 0.3 is 6.18 Å². The monoisotopic (exact) mass is 271 g/mol. The van der Waals surface area contributed by atoms with E-state index < -0.39 is 17.6 Å². The van der Waals surface area contributed by atoms with Crippen LogP contribution >= 0.6 is 23.2 Å². The van der Waals surface area contributed by atoms with Gasteiger partial charge in [0.2, 0.25) is 5.91 Å². The van der Waals surface area contributed by atoms with Crippen molar-refractivity contribution in [2.24, 2.45) is 0 Å². The average Bonchev–Trinajstić information content (AvgIpc) is 2.10. The van der Waals surface area contributed by atoms with Crippen LogP contribution in [0.25, 0.3) is 0 Å². The van der Waals surface area contributed by atoms with E-state index >= 15 is 0 Å². The highest BCUT2D eigenvalue weighted by Crippen LogP contribution is 2.38. The molecule has 1 aromatic rings. The molecule has 1 N–H and O–H groups in total. The number of carbonyl (C=O) groups excluding carboxylic acids is 1. The fourth-order valence-corrected chi connectivity index (χ4v) is 1.41. The molecule has 1 aromatic carbocycles. The van der Waals surface area contributed by atoms with Gasteiger partial charge in [-0.3, -0.25) is 4.79 Å². The van der Waals surface area contributed by atoms with Crippen LogP contribution in [-0.4, -0.2) is 5.91 Å². The lowest BCUT2D eigenvalue weighted by molar-refractivity contribution is -0.137. The van der Waals surface area contributed by atoms with Crippen LogP contribution in [0.1, 0.15) is 12.5 Å². The molecule has 16 heavy (non-hydrogen) atoms. The van der Waals surface area contributed by atoms with Gasteiger partial charge in [-0.15, -0.1) is 0 Å². The number of nitrogens with one attached hydrogen (secondary N) is 1. The quantitative estimate of drug-likeness (QED) is 0.823. The fraction of sp³-hybridized carbons (Fsp3) is 0.222. The van der Waals surface area contributed by atoms with Gasteiger partial charge in [-0.05, 0) is 12.1 Å². The Morgan fingerprint density at radius 3 is 2.31 bits per heavy atom. The second-order valence-electron chi connectivity index (χ2n) is 3.00. The molecule has 0 aromatic heterocycles. The highest BCUT2D eigenvalue weighted by molar-refractivity contribution is 6.44. The third-order valence-corrected chi connectivity index (χ3v) is 2.47. The Kier molecular flexibility index (Phi) is 3.70. The number of amides is 1. The minimum Gasteiger partial charge on any atom is -0.325 e. The van der Waals surface area contributed by atoms with Crippen LogP contribution in [0.15, 0.2) is 12.1 Å². The molecular formula is C9H6Cl2F3NO. The maximum absolute atomic E-state index is 12.4. The third kappa shape index (κ3) is 3.02. The molecule has 0 aliphatic heterocycles. The summed E-state index contributed by atoms with van der Waals surface area (Å²) in [5.41, 5.74) is -1.13. The summed E-state index contributed by atoms with van der Waals surface area (Å²) in [4.78, 5) is 10.7. The first-order valence-electron chi connectivity index (χ1n) is 4.05. The molecule has 0 heterocycles. The number of halogens is 5. The zero-order valence-corrected chi connectivity index (χ0v) is 9.46. The Balaban J connectivity index is 3.27. The van der Waals surface area contributed by atoms with Crippen molar-refractivity contribution in [3.8, 4) is 0 Å². The van der Waals surface area contributed by atoms with Crippen LogP contribution in [0.4, 0.5) is 18.9 Å². The van der Waals surface area contributed by atoms with E-state index in [-0.39, 0.29) is 15.7 Å². The van der Waals surface area contributed by atoms with E-state index in [0.717, 1.165) is 13.0 Å². The summed E-state index contributed by atoms with van der Waals surface area (Å²) in [5.74, 6) is -0.530. The molecule has 0 saturated carbocycles. The lowest BCUT2D eigenvalue weighted by Gasteiger charge is -2.12. The summed E-state index contributed by atoms with van der Waals surface area (Å²) >= 11 is 11.2. The van der Waals surface area contributed by atoms with Gasteiger partial charge in [0.15, 0.2) is 0 Å². The predicted octanol–water partition coefficient (Wildman–Crippen LogP) is 3.97. The van der Waals surface area contributed by atoms with E-state index in [9.17, 15) is 18.0 Å². The summed E-state index contributed by atoms with van der Waals surface area (Å²) in [7, 11) is 0. The van der Waals surface area contributed by atoms with Gasteiger partial charge < -0.3 is 5.32 Å². The second-order valence-corrected chi connectivity index (χ2v) is 3.78. The number of benzene rings is 1. The Labute approximate surface area is 99.3 Å². The topological polar surface area (TPSA) is 29.1 Å². The Bertz CT molecular complexity index is 431. The van der Waals surface area contributed by atoms with Gasteiger partial charge in [-0.2, -0.15) is 13.2 Å². The fourth-order valence-electron chi connectivity index (χ4n) is 1.03. The molecule has 0 aliphatic carbocycles. The predicted molar refractivity (Wildman–Crippen MR) is 55.8 cm³/mol. The minimum absolute atomic E-state index is 0.120. The number of carbonyl (C=O) groups is 1. The Morgan fingerprint density at radius 1 is 1.31 bits per heavy atom. The zero-order chi connectivity index (χ0) is 12.5. The van der Waals surface area contributed by atoms with Crippen LogP contribution in [0.3, 0.4) is 0 Å². The molecule has 2 nitrogen and oxygen atoms in total. The van der Waals surface area contributed by atoms with Crippen molar-refractivity contribution in [2.45, 2.75) is 13.1 Å². The smallest absolute Gasteiger partial charge is 0.325 e. The molecule has 1 amide bonds. The normalized spacial score (nSPS) is 11.4. The van der Waals surface area contributed by atoms with Crippen molar-refractivity contribution < 1.29 is 18.0 Å². The highest BCUT2D eigenvalue weighted by Gasteiger charge is 2.32. The largest absolute Gasteiger partial charge is 0.416 e. The van der Waals surface area contributed by atoms with E-state index in [4.69, 9.17) is 23.2 Å². The SMILES string of the molecule is CC(=O)Nc1cc(C(F)(F)F)cc(Cl)c1Cl. The number of hydrogen-bond donors (Lipinski definition) is 1. The van der Waals surface area contributed by atoms with E-state index in [1.165, 1.54) is 0 Å². The molecule has 88 valence electrons. The maximum Gasteiger partial charge on any atom is 0.416 e. The minimum atomic E-state index is -4.54. The lowest BCUT2D eigenvalue weighted by Crippen LogP contribution is -2.10. The molecule has 0 fully saturated rings. The first kappa shape index (κ1) is 13.1. The van der Waals surface area contributed by atoms with Gasteiger partial charge in [0, 0.05) is 6.92 Å². The van der Waals surface area contributed by atoms with Crippen LogP contribution in [0.5, 0.6) is 0 Å². The highest BCUT2D eigenvalue weighted by atomic mass is 35.5. The Morgan fingerprint density at radius 2 is 1.88 bits per heavy atom. The first-order valence-corrected chi connectivity index (χ1v) is 4.81. The summed E-state index contributed by atoms with van der Waals surface area (Å²) in [5, 5.41) is 1.79. The van der Waals surface area contributed by atoms with Crippen molar-refractivity contribution in [3.05, 3.63) is 27.7 Å². The number of anilines is 1. The number of hydrogen-bond acceptors (Lipinski definition) is 1. The van der Waals surface area contributed by atoms with Crippen molar-refractivity contribution in [1.82, 2.24) is 0 Å². The van der Waals surface area contributed by atoms with Crippen molar-refractivity contribution in [3.63, 3.8) is 0 Å². The molecule has 0 saturated heterocycles. The van der Waals surface area contributed by atoms with Gasteiger partial charge in [-0.1, -0.05) is 23.2 Å². The van der Waals surface area contributed by atoms with Gasteiger partial charge in [-0.25, -0.2) is 0 Å². The molecule has 0 aliphatic rings. The van der Waals surface area contributed by atoms with Crippen LogP contribution in [0.2, 0.25) is 10.0 Å². The number of rotatable bonds is 1. The van der Waals surface area contributed by atoms with E-state index in [1.54, 1.807) is 0 Å². The summed E-state index contributed by atoms with van der Waals surface area (Å²) in [6.07, 6.45) is -4.54. The van der Waals surface area contributed by atoms with E-state index in [1.807, 2.05) is 0 Å². The zero-order valence-electron chi connectivity index (χ0n) is 7.95. The van der Waals surface area contributed by atoms with Crippen molar-refractivity contribution in [1.29, 1.82) is 0 Å². The molecule has 7 heteroatoms. The van der Waals surface area contributed by atoms with Crippen LogP contribution in [0, 0.1) is 0 Å².